The van der Waals surface area contributed by atoms with Gasteiger partial charge in [0.15, 0.2) is 0 Å². The largest absolute Gasteiger partial charge is 0.388 e. The summed E-state index contributed by atoms with van der Waals surface area (Å²) in [6.07, 6.45) is 0.357. The number of hydrogen-bond donors (Lipinski definition) is 1. The Balaban J connectivity index is 2.11. The van der Waals surface area contributed by atoms with Gasteiger partial charge in [-0.05, 0) is 29.2 Å². The lowest BCUT2D eigenvalue weighted by Crippen LogP contribution is -1.97. The quantitative estimate of drug-likeness (QED) is 0.807. The molecular formula is C15H13ClO. The van der Waals surface area contributed by atoms with Crippen molar-refractivity contribution in [3.8, 4) is 0 Å². The molecule has 1 N–H and O–H groups in total. The van der Waals surface area contributed by atoms with Crippen LogP contribution in [0.5, 0.6) is 0 Å². The van der Waals surface area contributed by atoms with Crippen LogP contribution in [0.2, 0.25) is 5.02 Å². The van der Waals surface area contributed by atoms with Crippen LogP contribution in [0.1, 0.15) is 35.1 Å². The van der Waals surface area contributed by atoms with Crippen molar-refractivity contribution in [1.82, 2.24) is 0 Å². The van der Waals surface area contributed by atoms with Crippen molar-refractivity contribution in [2.45, 2.75) is 18.4 Å². The van der Waals surface area contributed by atoms with E-state index < -0.39 is 0 Å². The second kappa shape index (κ2) is 4.17. The van der Waals surface area contributed by atoms with Crippen LogP contribution in [-0.2, 0) is 0 Å². The Hall–Kier alpha value is -1.31. The van der Waals surface area contributed by atoms with Crippen molar-refractivity contribution < 1.29 is 5.11 Å². The number of aliphatic hydroxyl groups excluding tert-OH is 1. The van der Waals surface area contributed by atoms with Gasteiger partial charge in [0, 0.05) is 10.9 Å². The molecule has 1 aliphatic carbocycles. The zero-order valence-electron chi connectivity index (χ0n) is 9.31. The van der Waals surface area contributed by atoms with Crippen molar-refractivity contribution in [1.29, 1.82) is 0 Å². The second-order valence-corrected chi connectivity index (χ2v) is 4.86. The van der Waals surface area contributed by atoms with Crippen LogP contribution < -0.4 is 0 Å². The summed E-state index contributed by atoms with van der Waals surface area (Å²) in [7, 11) is 0. The Morgan fingerprint density at radius 3 is 2.18 bits per heavy atom. The third kappa shape index (κ3) is 1.76. The number of fused-ring (bicyclic) bond motifs is 1. The Morgan fingerprint density at radius 2 is 1.47 bits per heavy atom. The fraction of sp³-hybridized carbons (Fsp3) is 0.200. The zero-order valence-corrected chi connectivity index (χ0v) is 10.1. The van der Waals surface area contributed by atoms with E-state index in [1.165, 1.54) is 5.56 Å². The molecule has 2 aromatic carbocycles. The molecule has 3 rings (SSSR count). The van der Waals surface area contributed by atoms with Gasteiger partial charge in [0.1, 0.15) is 0 Å². The number of benzene rings is 2. The first kappa shape index (κ1) is 10.8. The molecule has 0 saturated carbocycles. The lowest BCUT2D eigenvalue weighted by atomic mass is 9.93. The fourth-order valence-corrected chi connectivity index (χ4v) is 2.93. The molecule has 2 unspecified atom stereocenters. The molecule has 1 aliphatic rings. The Kier molecular flexibility index (Phi) is 2.65. The summed E-state index contributed by atoms with van der Waals surface area (Å²) in [5, 5.41) is 10.8. The molecule has 1 nitrogen and oxygen atoms in total. The first-order valence-electron chi connectivity index (χ1n) is 5.78. The molecule has 0 aromatic heterocycles. The summed E-state index contributed by atoms with van der Waals surface area (Å²) in [6, 6.07) is 15.9. The highest BCUT2D eigenvalue weighted by Gasteiger charge is 2.31. The van der Waals surface area contributed by atoms with Crippen LogP contribution in [0.4, 0.5) is 0 Å². The van der Waals surface area contributed by atoms with Gasteiger partial charge in [-0.15, -0.1) is 0 Å². The lowest BCUT2D eigenvalue weighted by Gasteiger charge is -2.13. The topological polar surface area (TPSA) is 20.2 Å². The molecule has 0 spiro atoms. The first-order chi connectivity index (χ1) is 8.27. The zero-order chi connectivity index (χ0) is 11.8. The summed E-state index contributed by atoms with van der Waals surface area (Å²) >= 11 is 6.24. The van der Waals surface area contributed by atoms with E-state index in [0.717, 1.165) is 22.6 Å². The van der Waals surface area contributed by atoms with E-state index in [4.69, 9.17) is 11.6 Å². The molecule has 0 heterocycles. The van der Waals surface area contributed by atoms with Crippen LogP contribution in [0.15, 0.2) is 48.5 Å². The smallest absolute Gasteiger partial charge is 0.0802 e. The van der Waals surface area contributed by atoms with Crippen molar-refractivity contribution >= 4 is 11.6 Å². The minimum Gasteiger partial charge on any atom is -0.388 e. The van der Waals surface area contributed by atoms with Crippen LogP contribution in [-0.4, -0.2) is 5.11 Å². The van der Waals surface area contributed by atoms with Gasteiger partial charge in [-0.2, -0.15) is 0 Å². The van der Waals surface area contributed by atoms with E-state index in [9.17, 15) is 5.11 Å². The predicted octanol–water partition coefficient (Wildman–Crippen LogP) is 3.91. The molecule has 0 bridgehead atoms. The summed E-state index contributed by atoms with van der Waals surface area (Å²) < 4.78 is 0. The molecule has 0 saturated heterocycles. The molecule has 2 atom stereocenters. The van der Waals surface area contributed by atoms with Gasteiger partial charge in [-0.3, -0.25) is 0 Å². The van der Waals surface area contributed by atoms with Gasteiger partial charge in [-0.1, -0.05) is 54.1 Å². The second-order valence-electron chi connectivity index (χ2n) is 4.45. The van der Waals surface area contributed by atoms with Crippen molar-refractivity contribution in [2.75, 3.05) is 0 Å². The molecular weight excluding hydrogens is 232 g/mol. The molecule has 0 amide bonds. The van der Waals surface area contributed by atoms with E-state index in [-0.39, 0.29) is 12.0 Å². The average molecular weight is 245 g/mol. The minimum absolute atomic E-state index is 0.217. The molecule has 0 aliphatic heterocycles. The highest BCUT2D eigenvalue weighted by atomic mass is 35.5. The molecule has 0 radical (unpaired) electrons. The Labute approximate surface area is 106 Å². The van der Waals surface area contributed by atoms with Crippen molar-refractivity contribution in [3.05, 3.63) is 70.2 Å². The average Bonchev–Trinajstić information content (AvgIpc) is 2.68. The van der Waals surface area contributed by atoms with Crippen LogP contribution in [0.25, 0.3) is 0 Å². The van der Waals surface area contributed by atoms with E-state index in [0.29, 0.717) is 0 Å². The van der Waals surface area contributed by atoms with Crippen LogP contribution in [0, 0.1) is 0 Å². The predicted molar refractivity (Wildman–Crippen MR) is 69.3 cm³/mol. The van der Waals surface area contributed by atoms with E-state index in [1.807, 2.05) is 42.5 Å². The monoisotopic (exact) mass is 244 g/mol. The van der Waals surface area contributed by atoms with E-state index in [1.54, 1.807) is 0 Å². The van der Waals surface area contributed by atoms with E-state index in [2.05, 4.69) is 6.07 Å². The van der Waals surface area contributed by atoms with E-state index >= 15 is 0 Å². The lowest BCUT2D eigenvalue weighted by molar-refractivity contribution is 0.176. The summed E-state index contributed by atoms with van der Waals surface area (Å²) in [5.41, 5.74) is 3.35. The van der Waals surface area contributed by atoms with Gasteiger partial charge in [-0.25, -0.2) is 0 Å². The van der Waals surface area contributed by atoms with Crippen LogP contribution >= 0.6 is 11.6 Å². The molecule has 2 aromatic rings. The summed E-state index contributed by atoms with van der Waals surface area (Å²) in [5.74, 6) is 0.217. The summed E-state index contributed by atoms with van der Waals surface area (Å²) in [4.78, 5) is 0. The van der Waals surface area contributed by atoms with Gasteiger partial charge in [0.25, 0.3) is 0 Å². The molecule has 0 fully saturated rings. The number of rotatable bonds is 1. The van der Waals surface area contributed by atoms with Crippen LogP contribution in [0.3, 0.4) is 0 Å². The Bertz CT molecular complexity index is 550. The minimum atomic E-state index is -0.368. The maximum absolute atomic E-state index is 10.1. The van der Waals surface area contributed by atoms with Crippen molar-refractivity contribution in [2.24, 2.45) is 0 Å². The standard InChI is InChI=1S/C15H13ClO/c16-14-8-4-3-6-11(14)13-9-15(17)12-7-2-1-5-10(12)13/h1-8,13,15,17H,9H2. The third-order valence-electron chi connectivity index (χ3n) is 3.47. The van der Waals surface area contributed by atoms with Gasteiger partial charge >= 0.3 is 0 Å². The summed E-state index contributed by atoms with van der Waals surface area (Å²) in [6.45, 7) is 0. The number of halogens is 1. The normalized spacial score (nSPS) is 22.5. The van der Waals surface area contributed by atoms with Crippen molar-refractivity contribution in [3.63, 3.8) is 0 Å². The molecule has 86 valence electrons. The highest BCUT2D eigenvalue weighted by Crippen LogP contribution is 2.45. The molecule has 17 heavy (non-hydrogen) atoms. The first-order valence-corrected chi connectivity index (χ1v) is 6.16. The maximum Gasteiger partial charge on any atom is 0.0802 e. The highest BCUT2D eigenvalue weighted by molar-refractivity contribution is 6.31. The number of aliphatic hydroxyl groups is 1. The number of hydrogen-bond acceptors (Lipinski definition) is 1. The fourth-order valence-electron chi connectivity index (χ4n) is 2.66. The molecule has 2 heteroatoms. The Morgan fingerprint density at radius 1 is 0.882 bits per heavy atom. The van der Waals surface area contributed by atoms with Gasteiger partial charge < -0.3 is 5.11 Å². The SMILES string of the molecule is OC1CC(c2ccccc2Cl)c2ccccc21. The third-order valence-corrected chi connectivity index (χ3v) is 3.81. The maximum atomic E-state index is 10.1. The van der Waals surface area contributed by atoms with Gasteiger partial charge in [0.05, 0.1) is 6.10 Å². The van der Waals surface area contributed by atoms with Gasteiger partial charge in [0.2, 0.25) is 0 Å².